The van der Waals surface area contributed by atoms with E-state index >= 15 is 0 Å². The maximum absolute atomic E-state index is 11.7. The van der Waals surface area contributed by atoms with Gasteiger partial charge in [0.15, 0.2) is 0 Å². The fourth-order valence-electron chi connectivity index (χ4n) is 2.00. The molecule has 1 saturated carbocycles. The van der Waals surface area contributed by atoms with E-state index in [1.807, 2.05) is 0 Å². The summed E-state index contributed by atoms with van der Waals surface area (Å²) >= 11 is 0. The third-order valence-electron chi connectivity index (χ3n) is 2.91. The molecule has 0 bridgehead atoms. The van der Waals surface area contributed by atoms with E-state index in [4.69, 9.17) is 5.14 Å². The Hall–Kier alpha value is -0.620. The fraction of sp³-hybridized carbons (Fsp3) is 0.900. The average molecular weight is 248 g/mol. The molecule has 0 aliphatic heterocycles. The molecular formula is C10H20N2O3S. The second-order valence-corrected chi connectivity index (χ2v) is 6.08. The normalized spacial score (nSPS) is 19.1. The van der Waals surface area contributed by atoms with E-state index in [0.717, 1.165) is 25.7 Å². The van der Waals surface area contributed by atoms with Crippen LogP contribution in [0, 0.1) is 5.92 Å². The van der Waals surface area contributed by atoms with E-state index in [1.54, 1.807) is 0 Å². The highest BCUT2D eigenvalue weighted by Gasteiger charge is 2.19. The first-order valence-electron chi connectivity index (χ1n) is 5.77. The number of carbonyl (C=O) groups is 1. The maximum Gasteiger partial charge on any atom is 0.223 e. The predicted octanol–water partition coefficient (Wildman–Crippen LogP) is 0.361. The topological polar surface area (TPSA) is 89.3 Å². The summed E-state index contributed by atoms with van der Waals surface area (Å²) in [6.07, 6.45) is 6.41. The molecule has 0 aromatic heterocycles. The van der Waals surface area contributed by atoms with Crippen LogP contribution in [0.4, 0.5) is 0 Å². The second kappa shape index (κ2) is 6.20. The van der Waals surface area contributed by atoms with E-state index in [2.05, 4.69) is 5.32 Å². The lowest BCUT2D eigenvalue weighted by Gasteiger charge is -2.13. The quantitative estimate of drug-likeness (QED) is 0.704. The number of hydrogen-bond acceptors (Lipinski definition) is 3. The highest BCUT2D eigenvalue weighted by atomic mass is 32.2. The Morgan fingerprint density at radius 3 is 2.25 bits per heavy atom. The zero-order valence-electron chi connectivity index (χ0n) is 9.44. The van der Waals surface area contributed by atoms with Crippen molar-refractivity contribution in [1.82, 2.24) is 5.32 Å². The lowest BCUT2D eigenvalue weighted by molar-refractivity contribution is -0.125. The Labute approximate surface area is 96.8 Å². The molecule has 0 atom stereocenters. The molecule has 0 heterocycles. The average Bonchev–Trinajstić information content (AvgIpc) is 2.43. The Kier molecular flexibility index (Phi) is 5.21. The highest BCUT2D eigenvalue weighted by Crippen LogP contribution is 2.22. The maximum atomic E-state index is 11.7. The molecule has 0 aromatic rings. The first-order valence-corrected chi connectivity index (χ1v) is 7.49. The molecule has 1 aliphatic rings. The predicted molar refractivity (Wildman–Crippen MR) is 62.2 cm³/mol. The Morgan fingerprint density at radius 2 is 1.75 bits per heavy atom. The molecule has 0 radical (unpaired) electrons. The van der Waals surface area contributed by atoms with Crippen LogP contribution < -0.4 is 10.5 Å². The van der Waals surface area contributed by atoms with Crippen LogP contribution in [0.25, 0.3) is 0 Å². The second-order valence-electron chi connectivity index (χ2n) is 4.35. The molecule has 6 heteroatoms. The molecule has 1 rings (SSSR count). The SMILES string of the molecule is NS(=O)(=O)CCNC(=O)C1CCCCCC1. The van der Waals surface area contributed by atoms with E-state index in [-0.39, 0.29) is 24.1 Å². The van der Waals surface area contributed by atoms with Gasteiger partial charge in [0.05, 0.1) is 5.75 Å². The summed E-state index contributed by atoms with van der Waals surface area (Å²) in [5, 5.41) is 7.48. The smallest absolute Gasteiger partial charge is 0.223 e. The van der Waals surface area contributed by atoms with Crippen molar-refractivity contribution in [3.05, 3.63) is 0 Å². The van der Waals surface area contributed by atoms with Crippen LogP contribution in [0.15, 0.2) is 0 Å². The van der Waals surface area contributed by atoms with Crippen LogP contribution in [-0.2, 0) is 14.8 Å². The van der Waals surface area contributed by atoms with Gasteiger partial charge in [-0.1, -0.05) is 25.7 Å². The number of nitrogens with one attached hydrogen (secondary N) is 1. The number of sulfonamides is 1. The van der Waals surface area contributed by atoms with Crippen molar-refractivity contribution < 1.29 is 13.2 Å². The van der Waals surface area contributed by atoms with Crippen molar-refractivity contribution in [2.24, 2.45) is 11.1 Å². The highest BCUT2D eigenvalue weighted by molar-refractivity contribution is 7.89. The van der Waals surface area contributed by atoms with Gasteiger partial charge in [-0.25, -0.2) is 13.6 Å². The van der Waals surface area contributed by atoms with E-state index in [1.165, 1.54) is 12.8 Å². The molecule has 0 unspecified atom stereocenters. The lowest BCUT2D eigenvalue weighted by Crippen LogP contribution is -2.35. The molecule has 1 fully saturated rings. The minimum absolute atomic E-state index is 0.0226. The van der Waals surface area contributed by atoms with Crippen molar-refractivity contribution in [3.8, 4) is 0 Å². The molecule has 94 valence electrons. The number of primary sulfonamides is 1. The zero-order chi connectivity index (χ0) is 12.0. The van der Waals surface area contributed by atoms with Crippen molar-refractivity contribution in [2.75, 3.05) is 12.3 Å². The third kappa shape index (κ3) is 5.46. The Morgan fingerprint density at radius 1 is 1.19 bits per heavy atom. The summed E-state index contributed by atoms with van der Waals surface area (Å²) in [5.74, 6) is -0.153. The minimum atomic E-state index is -3.47. The molecule has 0 spiro atoms. The number of rotatable bonds is 4. The summed E-state index contributed by atoms with van der Waals surface area (Å²) in [7, 11) is -3.47. The monoisotopic (exact) mass is 248 g/mol. The van der Waals surface area contributed by atoms with Gasteiger partial charge in [0.2, 0.25) is 15.9 Å². The number of hydrogen-bond donors (Lipinski definition) is 2. The van der Waals surface area contributed by atoms with E-state index in [9.17, 15) is 13.2 Å². The summed E-state index contributed by atoms with van der Waals surface area (Å²) in [5.41, 5.74) is 0. The standard InChI is InChI=1S/C10H20N2O3S/c11-16(14,15)8-7-12-10(13)9-5-3-1-2-4-6-9/h9H,1-8H2,(H,12,13)(H2,11,14,15). The van der Waals surface area contributed by atoms with Gasteiger partial charge < -0.3 is 5.32 Å². The van der Waals surface area contributed by atoms with Gasteiger partial charge in [-0.3, -0.25) is 4.79 Å². The largest absolute Gasteiger partial charge is 0.355 e. The molecule has 0 aromatic carbocycles. The molecule has 1 aliphatic carbocycles. The molecule has 0 saturated heterocycles. The molecule has 1 amide bonds. The number of amides is 1. The van der Waals surface area contributed by atoms with E-state index < -0.39 is 10.0 Å². The van der Waals surface area contributed by atoms with Gasteiger partial charge in [-0.2, -0.15) is 0 Å². The first-order chi connectivity index (χ1) is 7.49. The van der Waals surface area contributed by atoms with Crippen LogP contribution in [-0.4, -0.2) is 26.6 Å². The summed E-state index contributed by atoms with van der Waals surface area (Å²) in [4.78, 5) is 11.7. The number of nitrogens with two attached hydrogens (primary N) is 1. The first kappa shape index (κ1) is 13.4. The van der Waals surface area contributed by atoms with Crippen LogP contribution >= 0.6 is 0 Å². The van der Waals surface area contributed by atoms with Crippen LogP contribution in [0.3, 0.4) is 0 Å². The fourth-order valence-corrected chi connectivity index (χ4v) is 2.39. The van der Waals surface area contributed by atoms with Crippen LogP contribution in [0.2, 0.25) is 0 Å². The van der Waals surface area contributed by atoms with Crippen molar-refractivity contribution in [2.45, 2.75) is 38.5 Å². The minimum Gasteiger partial charge on any atom is -0.355 e. The van der Waals surface area contributed by atoms with Gasteiger partial charge >= 0.3 is 0 Å². The molecular weight excluding hydrogens is 228 g/mol. The van der Waals surface area contributed by atoms with Crippen LogP contribution in [0.5, 0.6) is 0 Å². The van der Waals surface area contributed by atoms with Gasteiger partial charge in [0, 0.05) is 12.5 Å². The third-order valence-corrected chi connectivity index (χ3v) is 3.68. The van der Waals surface area contributed by atoms with Gasteiger partial charge in [-0.15, -0.1) is 0 Å². The lowest BCUT2D eigenvalue weighted by atomic mass is 10.00. The van der Waals surface area contributed by atoms with Crippen molar-refractivity contribution >= 4 is 15.9 Å². The Bertz CT molecular complexity index is 319. The molecule has 5 nitrogen and oxygen atoms in total. The summed E-state index contributed by atoms with van der Waals surface area (Å²) in [6, 6.07) is 0. The Balaban J connectivity index is 2.28. The van der Waals surface area contributed by atoms with E-state index in [0.29, 0.717) is 0 Å². The van der Waals surface area contributed by atoms with Gasteiger partial charge in [0.1, 0.15) is 0 Å². The molecule has 3 N–H and O–H groups in total. The van der Waals surface area contributed by atoms with Crippen molar-refractivity contribution in [3.63, 3.8) is 0 Å². The van der Waals surface area contributed by atoms with Crippen molar-refractivity contribution in [1.29, 1.82) is 0 Å². The molecule has 16 heavy (non-hydrogen) atoms. The summed E-state index contributed by atoms with van der Waals surface area (Å²) in [6.45, 7) is 0.119. The van der Waals surface area contributed by atoms with Gasteiger partial charge in [0.25, 0.3) is 0 Å². The number of carbonyl (C=O) groups excluding carboxylic acids is 1. The zero-order valence-corrected chi connectivity index (χ0v) is 10.3. The van der Waals surface area contributed by atoms with Gasteiger partial charge in [-0.05, 0) is 12.8 Å². The summed E-state index contributed by atoms with van der Waals surface area (Å²) < 4.78 is 21.3. The van der Waals surface area contributed by atoms with Crippen LogP contribution in [0.1, 0.15) is 38.5 Å².